The predicted molar refractivity (Wildman–Crippen MR) is 106 cm³/mol. The lowest BCUT2D eigenvalue weighted by Crippen LogP contribution is -2.45. The normalized spacial score (nSPS) is 22.5. The Morgan fingerprint density at radius 1 is 1.15 bits per heavy atom. The van der Waals surface area contributed by atoms with Crippen LogP contribution in [0.5, 0.6) is 0 Å². The van der Waals surface area contributed by atoms with Gasteiger partial charge in [0.1, 0.15) is 5.82 Å². The highest BCUT2D eigenvalue weighted by atomic mass is 16.5. The molecule has 0 spiro atoms. The average Bonchev–Trinajstić information content (AvgIpc) is 2.88. The van der Waals surface area contributed by atoms with Crippen molar-refractivity contribution < 1.29 is 9.47 Å². The van der Waals surface area contributed by atoms with Gasteiger partial charge in [0.15, 0.2) is 5.65 Å². The van der Waals surface area contributed by atoms with Crippen LogP contribution in [-0.4, -0.2) is 78.1 Å². The molecule has 2 saturated heterocycles. The van der Waals surface area contributed by atoms with Crippen LogP contribution in [0.4, 0.5) is 5.82 Å². The van der Waals surface area contributed by atoms with Crippen molar-refractivity contribution in [3.8, 4) is 0 Å². The Balaban J connectivity index is 1.60. The van der Waals surface area contributed by atoms with Crippen LogP contribution < -0.4 is 4.90 Å². The Bertz CT molecular complexity index is 769. The summed E-state index contributed by atoms with van der Waals surface area (Å²) in [7, 11) is 0. The van der Waals surface area contributed by atoms with Crippen LogP contribution in [0.25, 0.3) is 5.65 Å². The fourth-order valence-corrected chi connectivity index (χ4v) is 3.90. The minimum Gasteiger partial charge on any atom is -0.379 e. The number of hydrogen-bond acceptors (Lipinski definition) is 6. The average molecular weight is 374 g/mol. The molecule has 148 valence electrons. The molecular weight excluding hydrogens is 342 g/mol. The molecule has 2 aromatic heterocycles. The number of aromatic nitrogens is 3. The van der Waals surface area contributed by atoms with Gasteiger partial charge in [-0.25, -0.2) is 4.98 Å². The van der Waals surface area contributed by atoms with Gasteiger partial charge in [0.25, 0.3) is 0 Å². The highest BCUT2D eigenvalue weighted by Crippen LogP contribution is 2.24. The van der Waals surface area contributed by atoms with E-state index in [2.05, 4.69) is 35.8 Å². The maximum Gasteiger partial charge on any atom is 0.157 e. The third kappa shape index (κ3) is 4.25. The number of anilines is 1. The summed E-state index contributed by atoms with van der Waals surface area (Å²) >= 11 is 0. The summed E-state index contributed by atoms with van der Waals surface area (Å²) in [6.07, 6.45) is 1.23. The smallest absolute Gasteiger partial charge is 0.157 e. The van der Waals surface area contributed by atoms with Crippen molar-refractivity contribution in [1.29, 1.82) is 0 Å². The zero-order valence-corrected chi connectivity index (χ0v) is 16.7. The van der Waals surface area contributed by atoms with Gasteiger partial charge >= 0.3 is 0 Å². The van der Waals surface area contributed by atoms with Gasteiger partial charge in [0.05, 0.1) is 25.0 Å². The molecule has 0 amide bonds. The SMILES string of the molecule is Cc1cc2nc(C(C)C)cc(N3CCCO[C@@H](CN4CCOCC4)C3)n2n1. The highest BCUT2D eigenvalue weighted by Gasteiger charge is 2.25. The van der Waals surface area contributed by atoms with Crippen LogP contribution in [0.2, 0.25) is 0 Å². The molecule has 0 radical (unpaired) electrons. The molecule has 2 aromatic rings. The van der Waals surface area contributed by atoms with E-state index >= 15 is 0 Å². The second-order valence-corrected chi connectivity index (χ2v) is 7.95. The second kappa shape index (κ2) is 8.12. The molecular formula is C20H31N5O2. The molecule has 27 heavy (non-hydrogen) atoms. The van der Waals surface area contributed by atoms with Crippen LogP contribution in [-0.2, 0) is 9.47 Å². The number of nitrogens with zero attached hydrogens (tertiary/aromatic N) is 5. The van der Waals surface area contributed by atoms with Crippen molar-refractivity contribution in [2.45, 2.75) is 39.2 Å². The van der Waals surface area contributed by atoms with Gasteiger partial charge < -0.3 is 14.4 Å². The molecule has 0 aromatic carbocycles. The van der Waals surface area contributed by atoms with Gasteiger partial charge in [-0.3, -0.25) is 4.90 Å². The lowest BCUT2D eigenvalue weighted by molar-refractivity contribution is -0.00509. The molecule has 2 aliphatic heterocycles. The Hall–Kier alpha value is -1.70. The summed E-state index contributed by atoms with van der Waals surface area (Å²) in [5.41, 5.74) is 3.05. The standard InChI is InChI=1S/C20H31N5O2/c1-15(2)18-12-20(25-19(21-18)11-16(3)22-25)24-5-4-8-27-17(14-24)13-23-6-9-26-10-7-23/h11-12,15,17H,4-10,13-14H2,1-3H3/t17-/m0/s1. The topological polar surface area (TPSA) is 55.1 Å². The molecule has 0 N–H and O–H groups in total. The summed E-state index contributed by atoms with van der Waals surface area (Å²) in [5, 5.41) is 4.70. The lowest BCUT2D eigenvalue weighted by atomic mass is 10.1. The molecule has 4 heterocycles. The van der Waals surface area contributed by atoms with Crippen molar-refractivity contribution in [3.63, 3.8) is 0 Å². The largest absolute Gasteiger partial charge is 0.379 e. The molecule has 2 aliphatic rings. The Labute approximate surface area is 161 Å². The quantitative estimate of drug-likeness (QED) is 0.818. The monoisotopic (exact) mass is 373 g/mol. The summed E-state index contributed by atoms with van der Waals surface area (Å²) in [6, 6.07) is 4.27. The minimum atomic E-state index is 0.202. The van der Waals surface area contributed by atoms with Crippen LogP contribution in [0, 0.1) is 6.92 Å². The fourth-order valence-electron chi connectivity index (χ4n) is 3.90. The first-order valence-electron chi connectivity index (χ1n) is 10.1. The van der Waals surface area contributed by atoms with Crippen molar-refractivity contribution >= 4 is 11.5 Å². The van der Waals surface area contributed by atoms with E-state index in [1.54, 1.807) is 0 Å². The van der Waals surface area contributed by atoms with E-state index < -0.39 is 0 Å². The summed E-state index contributed by atoms with van der Waals surface area (Å²) < 4.78 is 13.7. The van der Waals surface area contributed by atoms with E-state index in [0.717, 1.165) is 81.8 Å². The van der Waals surface area contributed by atoms with Crippen molar-refractivity contribution in [2.24, 2.45) is 0 Å². The number of hydrogen-bond donors (Lipinski definition) is 0. The zero-order valence-electron chi connectivity index (χ0n) is 16.7. The van der Waals surface area contributed by atoms with Gasteiger partial charge in [-0.05, 0) is 19.3 Å². The van der Waals surface area contributed by atoms with Crippen LogP contribution in [0.15, 0.2) is 12.1 Å². The summed E-state index contributed by atoms with van der Waals surface area (Å²) in [6.45, 7) is 13.7. The number of ether oxygens (including phenoxy) is 2. The molecule has 4 rings (SSSR count). The predicted octanol–water partition coefficient (Wildman–Crippen LogP) is 2.09. The zero-order chi connectivity index (χ0) is 18.8. The number of fused-ring (bicyclic) bond motifs is 1. The minimum absolute atomic E-state index is 0.202. The van der Waals surface area contributed by atoms with Gasteiger partial charge in [-0.1, -0.05) is 13.8 Å². The van der Waals surface area contributed by atoms with Gasteiger partial charge in [-0.15, -0.1) is 0 Å². The summed E-state index contributed by atoms with van der Waals surface area (Å²) in [4.78, 5) is 9.70. The molecule has 0 aliphatic carbocycles. The van der Waals surface area contributed by atoms with Crippen LogP contribution in [0.1, 0.15) is 37.6 Å². The van der Waals surface area contributed by atoms with E-state index in [9.17, 15) is 0 Å². The Kier molecular flexibility index (Phi) is 5.61. The van der Waals surface area contributed by atoms with E-state index in [1.165, 1.54) is 0 Å². The van der Waals surface area contributed by atoms with E-state index in [4.69, 9.17) is 19.6 Å². The number of morpholine rings is 1. The van der Waals surface area contributed by atoms with E-state index in [1.807, 2.05) is 11.4 Å². The maximum atomic E-state index is 6.18. The number of rotatable bonds is 4. The van der Waals surface area contributed by atoms with Gasteiger partial charge in [0.2, 0.25) is 0 Å². The first-order chi connectivity index (χ1) is 13.1. The van der Waals surface area contributed by atoms with Crippen LogP contribution in [0.3, 0.4) is 0 Å². The molecule has 0 saturated carbocycles. The third-order valence-corrected chi connectivity index (χ3v) is 5.38. The Morgan fingerprint density at radius 2 is 1.96 bits per heavy atom. The lowest BCUT2D eigenvalue weighted by Gasteiger charge is -2.32. The molecule has 0 bridgehead atoms. The number of aryl methyl sites for hydroxylation is 1. The first kappa shape index (κ1) is 18.7. The highest BCUT2D eigenvalue weighted by molar-refractivity contribution is 5.52. The second-order valence-electron chi connectivity index (χ2n) is 7.95. The van der Waals surface area contributed by atoms with E-state index in [-0.39, 0.29) is 6.10 Å². The van der Waals surface area contributed by atoms with Gasteiger partial charge in [-0.2, -0.15) is 9.61 Å². The molecule has 0 unspecified atom stereocenters. The molecule has 7 nitrogen and oxygen atoms in total. The van der Waals surface area contributed by atoms with Crippen molar-refractivity contribution in [3.05, 3.63) is 23.5 Å². The summed E-state index contributed by atoms with van der Waals surface area (Å²) in [5.74, 6) is 1.52. The van der Waals surface area contributed by atoms with Crippen molar-refractivity contribution in [2.75, 3.05) is 57.4 Å². The third-order valence-electron chi connectivity index (χ3n) is 5.38. The fraction of sp³-hybridized carbons (Fsp3) is 0.700. The van der Waals surface area contributed by atoms with Crippen LogP contribution >= 0.6 is 0 Å². The Morgan fingerprint density at radius 3 is 2.74 bits per heavy atom. The van der Waals surface area contributed by atoms with Crippen molar-refractivity contribution in [1.82, 2.24) is 19.5 Å². The maximum absolute atomic E-state index is 6.18. The molecule has 7 heteroatoms. The first-order valence-corrected chi connectivity index (χ1v) is 10.1. The van der Waals surface area contributed by atoms with Gasteiger partial charge in [0, 0.05) is 57.2 Å². The molecule has 1 atom stereocenters. The molecule has 2 fully saturated rings. The van der Waals surface area contributed by atoms with E-state index in [0.29, 0.717) is 5.92 Å².